The van der Waals surface area contributed by atoms with Gasteiger partial charge >= 0.3 is 0 Å². The molecule has 0 aliphatic heterocycles. The maximum Gasteiger partial charge on any atom is 0.138 e. The van der Waals surface area contributed by atoms with E-state index in [9.17, 15) is 0 Å². The van der Waals surface area contributed by atoms with E-state index in [-0.39, 0.29) is 0 Å². The van der Waals surface area contributed by atoms with E-state index in [1.54, 1.807) is 6.20 Å². The maximum atomic E-state index is 5.90. The van der Waals surface area contributed by atoms with Crippen molar-refractivity contribution in [1.29, 1.82) is 0 Å². The van der Waals surface area contributed by atoms with Crippen LogP contribution in [0.3, 0.4) is 0 Å². The number of rotatable bonds is 4. The van der Waals surface area contributed by atoms with Crippen molar-refractivity contribution in [2.75, 3.05) is 7.05 Å². The molecule has 0 fully saturated rings. The molecule has 1 aromatic carbocycles. The third kappa shape index (κ3) is 2.90. The minimum atomic E-state index is 0.862. The Morgan fingerprint density at radius 2 is 2.09 bits per heavy atom. The average molecular weight is 304 g/mol. The van der Waals surface area contributed by atoms with Crippen LogP contribution in [0.15, 0.2) is 65.5 Å². The molecule has 23 heavy (non-hydrogen) atoms. The zero-order valence-electron chi connectivity index (χ0n) is 13.7. The standard InChI is InChI=1S/C20H20N2O/c1-13(5-7-21-4)9-14(2)16-11-17-18-12-22-8-6-19(18)23-20(17)10-15(16)3/h5-12,21H,2H2,1,3-4H3/b7-5-,13-9-. The quantitative estimate of drug-likeness (QED) is 0.691. The van der Waals surface area contributed by atoms with Gasteiger partial charge in [-0.1, -0.05) is 12.7 Å². The Bertz CT molecular complexity index is 945. The molecule has 0 spiro atoms. The zero-order valence-corrected chi connectivity index (χ0v) is 13.7. The van der Waals surface area contributed by atoms with Crippen molar-refractivity contribution in [1.82, 2.24) is 10.3 Å². The highest BCUT2D eigenvalue weighted by Gasteiger charge is 2.10. The molecule has 116 valence electrons. The molecule has 3 heteroatoms. The molecule has 3 aromatic rings. The Morgan fingerprint density at radius 1 is 1.26 bits per heavy atom. The van der Waals surface area contributed by atoms with Gasteiger partial charge in [0.05, 0.1) is 0 Å². The molecule has 0 bridgehead atoms. The summed E-state index contributed by atoms with van der Waals surface area (Å²) in [6.07, 6.45) is 9.61. The Labute approximate surface area is 136 Å². The normalized spacial score (nSPS) is 12.4. The first-order valence-corrected chi connectivity index (χ1v) is 7.58. The molecule has 3 rings (SSSR count). The molecular formula is C20H20N2O. The van der Waals surface area contributed by atoms with Gasteiger partial charge in [0.15, 0.2) is 0 Å². The lowest BCUT2D eigenvalue weighted by atomic mass is 9.97. The topological polar surface area (TPSA) is 38.1 Å². The van der Waals surface area contributed by atoms with Gasteiger partial charge in [0.25, 0.3) is 0 Å². The fourth-order valence-electron chi connectivity index (χ4n) is 2.73. The number of pyridine rings is 1. The molecular weight excluding hydrogens is 284 g/mol. The Balaban J connectivity index is 2.10. The molecule has 0 aliphatic rings. The van der Waals surface area contributed by atoms with Gasteiger partial charge in [-0.2, -0.15) is 0 Å². The van der Waals surface area contributed by atoms with Crippen LogP contribution in [0, 0.1) is 6.92 Å². The van der Waals surface area contributed by atoms with Gasteiger partial charge in [-0.15, -0.1) is 0 Å². The molecule has 0 saturated heterocycles. The average Bonchev–Trinajstić information content (AvgIpc) is 2.89. The highest BCUT2D eigenvalue weighted by atomic mass is 16.3. The predicted molar refractivity (Wildman–Crippen MR) is 97.2 cm³/mol. The number of fused-ring (bicyclic) bond motifs is 3. The van der Waals surface area contributed by atoms with Crippen molar-refractivity contribution < 1.29 is 4.42 Å². The second-order valence-corrected chi connectivity index (χ2v) is 5.67. The Kier molecular flexibility index (Phi) is 4.02. The summed E-state index contributed by atoms with van der Waals surface area (Å²) in [4.78, 5) is 4.20. The van der Waals surface area contributed by atoms with Crippen molar-refractivity contribution in [3.8, 4) is 0 Å². The zero-order chi connectivity index (χ0) is 16.4. The van der Waals surface area contributed by atoms with Crippen LogP contribution in [-0.2, 0) is 0 Å². The van der Waals surface area contributed by atoms with Gasteiger partial charge in [-0.05, 0) is 66.6 Å². The van der Waals surface area contributed by atoms with E-state index < -0.39 is 0 Å². The number of furan rings is 1. The minimum Gasteiger partial charge on any atom is -0.456 e. The van der Waals surface area contributed by atoms with E-state index in [4.69, 9.17) is 4.42 Å². The third-order valence-corrected chi connectivity index (χ3v) is 3.88. The number of nitrogens with one attached hydrogen (secondary N) is 1. The number of aromatic nitrogens is 1. The first-order valence-electron chi connectivity index (χ1n) is 7.58. The molecule has 2 heterocycles. The molecule has 0 radical (unpaired) electrons. The summed E-state index contributed by atoms with van der Waals surface area (Å²) < 4.78 is 5.90. The second kappa shape index (κ2) is 6.13. The van der Waals surface area contributed by atoms with Crippen LogP contribution in [0.1, 0.15) is 18.1 Å². The van der Waals surface area contributed by atoms with E-state index in [0.29, 0.717) is 0 Å². The molecule has 0 saturated carbocycles. The maximum absolute atomic E-state index is 5.90. The van der Waals surface area contributed by atoms with E-state index in [1.165, 1.54) is 0 Å². The van der Waals surface area contributed by atoms with Crippen LogP contribution >= 0.6 is 0 Å². The predicted octanol–water partition coefficient (Wildman–Crippen LogP) is 4.98. The highest BCUT2D eigenvalue weighted by molar-refractivity contribution is 6.06. The van der Waals surface area contributed by atoms with E-state index in [0.717, 1.165) is 44.2 Å². The fraction of sp³-hybridized carbons (Fsp3) is 0.150. The van der Waals surface area contributed by atoms with Gasteiger partial charge < -0.3 is 9.73 Å². The molecule has 1 N–H and O–H groups in total. The summed E-state index contributed by atoms with van der Waals surface area (Å²) in [7, 11) is 1.88. The van der Waals surface area contributed by atoms with Gasteiger partial charge in [-0.25, -0.2) is 0 Å². The van der Waals surface area contributed by atoms with Gasteiger partial charge in [-0.3, -0.25) is 4.98 Å². The molecule has 0 atom stereocenters. The van der Waals surface area contributed by atoms with Gasteiger partial charge in [0, 0.05) is 30.2 Å². The van der Waals surface area contributed by atoms with E-state index in [1.807, 2.05) is 31.6 Å². The van der Waals surface area contributed by atoms with Crippen LogP contribution in [0.25, 0.3) is 27.5 Å². The summed E-state index contributed by atoms with van der Waals surface area (Å²) in [5.74, 6) is 0. The molecule has 0 aliphatic carbocycles. The van der Waals surface area contributed by atoms with Crippen LogP contribution in [0.5, 0.6) is 0 Å². The van der Waals surface area contributed by atoms with E-state index in [2.05, 4.69) is 48.9 Å². The summed E-state index contributed by atoms with van der Waals surface area (Å²) >= 11 is 0. The largest absolute Gasteiger partial charge is 0.456 e. The SMILES string of the molecule is C=C(/C=C(C)\C=C/NC)c1cc2c(cc1C)oc1ccncc12. The molecule has 2 aromatic heterocycles. The molecule has 0 amide bonds. The minimum absolute atomic E-state index is 0.862. The molecule has 3 nitrogen and oxygen atoms in total. The first kappa shape index (κ1) is 15.1. The summed E-state index contributed by atoms with van der Waals surface area (Å²) in [6, 6.07) is 6.11. The van der Waals surface area contributed by atoms with Crippen LogP contribution in [0.4, 0.5) is 0 Å². The number of hydrogen-bond acceptors (Lipinski definition) is 3. The highest BCUT2D eigenvalue weighted by Crippen LogP contribution is 2.32. The van der Waals surface area contributed by atoms with Crippen molar-refractivity contribution in [2.45, 2.75) is 13.8 Å². The number of nitrogens with zero attached hydrogens (tertiary/aromatic N) is 1. The lowest BCUT2D eigenvalue weighted by molar-refractivity contribution is 0.668. The van der Waals surface area contributed by atoms with Crippen molar-refractivity contribution in [2.24, 2.45) is 0 Å². The lowest BCUT2D eigenvalue weighted by Gasteiger charge is -2.07. The number of aryl methyl sites for hydroxylation is 1. The summed E-state index contributed by atoms with van der Waals surface area (Å²) in [6.45, 7) is 8.37. The van der Waals surface area contributed by atoms with Gasteiger partial charge in [0.1, 0.15) is 11.2 Å². The van der Waals surface area contributed by atoms with Crippen molar-refractivity contribution in [3.05, 3.63) is 72.2 Å². The summed E-state index contributed by atoms with van der Waals surface area (Å²) in [5.41, 5.74) is 6.15. The molecule has 0 unspecified atom stereocenters. The van der Waals surface area contributed by atoms with Crippen LogP contribution < -0.4 is 5.32 Å². The Hall–Kier alpha value is -2.81. The lowest BCUT2D eigenvalue weighted by Crippen LogP contribution is -1.91. The fourth-order valence-corrected chi connectivity index (χ4v) is 2.73. The van der Waals surface area contributed by atoms with Crippen LogP contribution in [0.2, 0.25) is 0 Å². The van der Waals surface area contributed by atoms with Crippen LogP contribution in [-0.4, -0.2) is 12.0 Å². The number of hydrogen-bond donors (Lipinski definition) is 1. The first-order chi connectivity index (χ1) is 11.1. The summed E-state index contributed by atoms with van der Waals surface area (Å²) in [5, 5.41) is 5.10. The third-order valence-electron chi connectivity index (χ3n) is 3.88. The van der Waals surface area contributed by atoms with Crippen molar-refractivity contribution in [3.63, 3.8) is 0 Å². The van der Waals surface area contributed by atoms with Gasteiger partial charge in [0.2, 0.25) is 0 Å². The van der Waals surface area contributed by atoms with E-state index >= 15 is 0 Å². The monoisotopic (exact) mass is 304 g/mol. The number of benzene rings is 1. The Morgan fingerprint density at radius 3 is 2.87 bits per heavy atom. The van der Waals surface area contributed by atoms with Crippen molar-refractivity contribution >= 4 is 27.5 Å². The second-order valence-electron chi connectivity index (χ2n) is 5.67. The number of allylic oxidation sites excluding steroid dienone is 4. The smallest absolute Gasteiger partial charge is 0.138 e.